The van der Waals surface area contributed by atoms with Crippen LogP contribution in [0.5, 0.6) is 0 Å². The first-order valence-corrected chi connectivity index (χ1v) is 4.32. The average molecular weight is 169 g/mol. The van der Waals surface area contributed by atoms with Crippen molar-refractivity contribution in [2.75, 3.05) is 7.11 Å². The molecule has 0 aromatic carbocycles. The molecular weight excluding hydrogens is 154 g/mol. The maximum atomic E-state index is 10.1. The average Bonchev–Trinajstić information content (AvgIpc) is 2.04. The summed E-state index contributed by atoms with van der Waals surface area (Å²) in [6.07, 6.45) is 5.89. The second kappa shape index (κ2) is 3.83. The van der Waals surface area contributed by atoms with Crippen molar-refractivity contribution in [3.8, 4) is 0 Å². The van der Waals surface area contributed by atoms with Crippen LogP contribution < -0.4 is 0 Å². The maximum Gasteiger partial charge on any atom is 0.235 e. The molecule has 0 spiro atoms. The monoisotopic (exact) mass is 169 g/mol. The Morgan fingerprint density at radius 1 is 1.67 bits per heavy atom. The van der Waals surface area contributed by atoms with Gasteiger partial charge in [0.2, 0.25) is 6.08 Å². The van der Waals surface area contributed by atoms with Crippen molar-refractivity contribution in [1.82, 2.24) is 0 Å². The fraction of sp³-hybridized carbons (Fsp3) is 0.889. The van der Waals surface area contributed by atoms with Gasteiger partial charge in [-0.15, -0.1) is 0 Å². The van der Waals surface area contributed by atoms with Gasteiger partial charge in [0.1, 0.15) is 0 Å². The number of hydrogen-bond acceptors (Lipinski definition) is 3. The molecule has 12 heavy (non-hydrogen) atoms. The second-order valence-corrected chi connectivity index (χ2v) is 3.65. The van der Waals surface area contributed by atoms with Crippen molar-refractivity contribution in [2.24, 2.45) is 4.99 Å². The lowest BCUT2D eigenvalue weighted by Crippen LogP contribution is -2.33. The van der Waals surface area contributed by atoms with Gasteiger partial charge in [-0.05, 0) is 32.6 Å². The quantitative estimate of drug-likeness (QED) is 0.466. The van der Waals surface area contributed by atoms with Crippen LogP contribution in [0.1, 0.15) is 32.6 Å². The predicted molar refractivity (Wildman–Crippen MR) is 45.8 cm³/mol. The Balaban J connectivity index is 2.60. The number of hydrogen-bond donors (Lipinski definition) is 0. The van der Waals surface area contributed by atoms with Crippen LogP contribution in [-0.2, 0) is 9.53 Å². The van der Waals surface area contributed by atoms with E-state index in [1.807, 2.05) is 6.92 Å². The molecule has 0 heterocycles. The third kappa shape index (κ3) is 2.16. The Labute approximate surface area is 72.8 Å². The molecule has 0 aliphatic heterocycles. The number of rotatable bonds is 2. The summed E-state index contributed by atoms with van der Waals surface area (Å²) < 4.78 is 5.24. The summed E-state index contributed by atoms with van der Waals surface area (Å²) in [4.78, 5) is 14.0. The smallest absolute Gasteiger partial charge is 0.235 e. The largest absolute Gasteiger partial charge is 0.381 e. The van der Waals surface area contributed by atoms with E-state index in [0.29, 0.717) is 0 Å². The lowest BCUT2D eigenvalue weighted by molar-refractivity contribution is 0.0465. The summed E-state index contributed by atoms with van der Waals surface area (Å²) in [5.41, 5.74) is -0.222. The number of aliphatic imine (C=N–C) groups is 1. The lowest BCUT2D eigenvalue weighted by Gasteiger charge is -2.32. The molecule has 0 unspecified atom stereocenters. The molecule has 1 aliphatic carbocycles. The molecule has 0 aromatic rings. The third-order valence-electron chi connectivity index (χ3n) is 2.56. The number of carbonyl (C=O) groups excluding carboxylic acids is 1. The maximum absolute atomic E-state index is 10.1. The van der Waals surface area contributed by atoms with Gasteiger partial charge in [0, 0.05) is 7.11 Å². The van der Waals surface area contributed by atoms with Gasteiger partial charge in [0.15, 0.2) is 0 Å². The zero-order valence-corrected chi connectivity index (χ0v) is 7.67. The predicted octanol–water partition coefficient (Wildman–Crippen LogP) is 1.67. The number of methoxy groups -OCH3 is 1. The first-order chi connectivity index (χ1) is 5.70. The van der Waals surface area contributed by atoms with E-state index in [4.69, 9.17) is 4.74 Å². The number of nitrogens with zero attached hydrogens (tertiary/aromatic N) is 1. The Bertz CT molecular complexity index is 199. The molecule has 1 aliphatic rings. The van der Waals surface area contributed by atoms with Crippen LogP contribution in [0.25, 0.3) is 0 Å². The van der Waals surface area contributed by atoms with Crippen LogP contribution in [0.15, 0.2) is 4.99 Å². The molecule has 3 heteroatoms. The Kier molecular flexibility index (Phi) is 3.01. The molecular formula is C9H15NO2. The molecule has 0 amide bonds. The first-order valence-electron chi connectivity index (χ1n) is 4.32. The SMILES string of the molecule is CO[C@H]1CCC[C@@](C)(N=C=O)C1. The van der Waals surface area contributed by atoms with Crippen LogP contribution in [0.3, 0.4) is 0 Å². The summed E-state index contributed by atoms with van der Waals surface area (Å²) in [7, 11) is 1.71. The van der Waals surface area contributed by atoms with Gasteiger partial charge < -0.3 is 4.74 Å². The van der Waals surface area contributed by atoms with E-state index in [-0.39, 0.29) is 11.6 Å². The highest BCUT2D eigenvalue weighted by molar-refractivity contribution is 5.34. The Morgan fingerprint density at radius 2 is 2.42 bits per heavy atom. The summed E-state index contributed by atoms with van der Waals surface area (Å²) in [6.45, 7) is 1.99. The third-order valence-corrected chi connectivity index (χ3v) is 2.56. The van der Waals surface area contributed by atoms with Crippen molar-refractivity contribution < 1.29 is 9.53 Å². The van der Waals surface area contributed by atoms with Gasteiger partial charge in [-0.25, -0.2) is 4.79 Å². The highest BCUT2D eigenvalue weighted by Gasteiger charge is 2.31. The van der Waals surface area contributed by atoms with Gasteiger partial charge >= 0.3 is 0 Å². The van der Waals surface area contributed by atoms with Crippen molar-refractivity contribution >= 4 is 6.08 Å². The highest BCUT2D eigenvalue weighted by atomic mass is 16.5. The second-order valence-electron chi connectivity index (χ2n) is 3.65. The van der Waals surface area contributed by atoms with Gasteiger partial charge in [-0.1, -0.05) is 0 Å². The summed E-state index contributed by atoms with van der Waals surface area (Å²) in [5, 5.41) is 0. The summed E-state index contributed by atoms with van der Waals surface area (Å²) in [6, 6.07) is 0. The minimum atomic E-state index is -0.222. The molecule has 2 atom stereocenters. The van der Waals surface area contributed by atoms with E-state index < -0.39 is 0 Å². The molecule has 0 saturated heterocycles. The minimum absolute atomic E-state index is 0.222. The molecule has 3 nitrogen and oxygen atoms in total. The Hall–Kier alpha value is -0.660. The number of isocyanates is 1. The Morgan fingerprint density at radius 3 is 3.00 bits per heavy atom. The fourth-order valence-corrected chi connectivity index (χ4v) is 1.82. The number of ether oxygens (including phenoxy) is 1. The van der Waals surface area contributed by atoms with Crippen LogP contribution in [-0.4, -0.2) is 24.8 Å². The van der Waals surface area contributed by atoms with Crippen LogP contribution in [0.4, 0.5) is 0 Å². The van der Waals surface area contributed by atoms with Crippen LogP contribution in [0.2, 0.25) is 0 Å². The normalized spacial score (nSPS) is 35.7. The van der Waals surface area contributed by atoms with Crippen molar-refractivity contribution in [1.29, 1.82) is 0 Å². The van der Waals surface area contributed by atoms with Crippen LogP contribution >= 0.6 is 0 Å². The molecule has 1 rings (SSSR count). The standard InChI is InChI=1S/C9H15NO2/c1-9(10-7-11)5-3-4-8(6-9)12-2/h8H,3-6H2,1-2H3/t8-,9+/m0/s1. The molecule has 0 aromatic heterocycles. The summed E-state index contributed by atoms with van der Waals surface area (Å²) >= 11 is 0. The highest BCUT2D eigenvalue weighted by Crippen LogP contribution is 2.32. The molecule has 1 saturated carbocycles. The molecule has 0 N–H and O–H groups in total. The topological polar surface area (TPSA) is 38.7 Å². The van der Waals surface area contributed by atoms with E-state index in [1.165, 1.54) is 0 Å². The van der Waals surface area contributed by atoms with Gasteiger partial charge in [0.05, 0.1) is 11.6 Å². The van der Waals surface area contributed by atoms with Gasteiger partial charge in [0.25, 0.3) is 0 Å². The van der Waals surface area contributed by atoms with E-state index in [2.05, 4.69) is 4.99 Å². The van der Waals surface area contributed by atoms with Gasteiger partial charge in [-0.3, -0.25) is 0 Å². The van der Waals surface area contributed by atoms with Crippen molar-refractivity contribution in [3.63, 3.8) is 0 Å². The fourth-order valence-electron chi connectivity index (χ4n) is 1.82. The van der Waals surface area contributed by atoms with Gasteiger partial charge in [-0.2, -0.15) is 4.99 Å². The van der Waals surface area contributed by atoms with E-state index >= 15 is 0 Å². The molecule has 0 bridgehead atoms. The molecule has 68 valence electrons. The molecule has 0 radical (unpaired) electrons. The minimum Gasteiger partial charge on any atom is -0.381 e. The molecule has 1 fully saturated rings. The zero-order valence-electron chi connectivity index (χ0n) is 7.67. The van der Waals surface area contributed by atoms with Crippen LogP contribution in [0, 0.1) is 0 Å². The first kappa shape index (κ1) is 9.43. The van der Waals surface area contributed by atoms with E-state index in [0.717, 1.165) is 25.7 Å². The zero-order chi connectivity index (χ0) is 9.03. The summed E-state index contributed by atoms with van der Waals surface area (Å²) in [5.74, 6) is 0. The van der Waals surface area contributed by atoms with E-state index in [1.54, 1.807) is 13.2 Å². The van der Waals surface area contributed by atoms with Crippen molar-refractivity contribution in [2.45, 2.75) is 44.2 Å². The lowest BCUT2D eigenvalue weighted by atomic mass is 9.82. The van der Waals surface area contributed by atoms with E-state index in [9.17, 15) is 4.79 Å². The van der Waals surface area contributed by atoms with Crippen molar-refractivity contribution in [3.05, 3.63) is 0 Å².